The van der Waals surface area contributed by atoms with Crippen LogP contribution in [-0.4, -0.2) is 35.0 Å². The van der Waals surface area contributed by atoms with Crippen molar-refractivity contribution in [3.8, 4) is 0 Å². The molecule has 2 aromatic heterocycles. The molecule has 1 saturated carbocycles. The number of carbonyl (C=O) groups is 1. The van der Waals surface area contributed by atoms with Gasteiger partial charge >= 0.3 is 0 Å². The van der Waals surface area contributed by atoms with Crippen LogP contribution in [0.3, 0.4) is 0 Å². The van der Waals surface area contributed by atoms with Crippen LogP contribution < -0.4 is 10.2 Å². The molecule has 26 heavy (non-hydrogen) atoms. The maximum atomic E-state index is 12.6. The third kappa shape index (κ3) is 3.17. The number of piperidine rings is 1. The normalized spacial score (nSPS) is 19.4. The van der Waals surface area contributed by atoms with Crippen LogP contribution in [0, 0.1) is 26.7 Å². The van der Waals surface area contributed by atoms with Gasteiger partial charge in [-0.1, -0.05) is 12.8 Å². The smallest absolute Gasteiger partial charge is 0.231 e. The van der Waals surface area contributed by atoms with Crippen molar-refractivity contribution in [3.63, 3.8) is 0 Å². The SMILES string of the molecule is Cc1nc(N2CCC(C(=O)NC3CCCC3)CC2)c2c(C)c(C)oc2n1. The zero-order valence-electron chi connectivity index (χ0n) is 16.0. The zero-order valence-corrected chi connectivity index (χ0v) is 16.0. The molecule has 1 aliphatic heterocycles. The molecule has 140 valence electrons. The van der Waals surface area contributed by atoms with E-state index in [1.807, 2.05) is 13.8 Å². The molecule has 3 heterocycles. The molecule has 6 nitrogen and oxygen atoms in total. The van der Waals surface area contributed by atoms with Crippen LogP contribution in [0.2, 0.25) is 0 Å². The number of amides is 1. The maximum Gasteiger partial charge on any atom is 0.231 e. The van der Waals surface area contributed by atoms with Crippen LogP contribution in [0.25, 0.3) is 11.1 Å². The monoisotopic (exact) mass is 356 g/mol. The predicted molar refractivity (Wildman–Crippen MR) is 101 cm³/mol. The summed E-state index contributed by atoms with van der Waals surface area (Å²) in [6.07, 6.45) is 6.52. The number of nitrogens with one attached hydrogen (secondary N) is 1. The summed E-state index contributed by atoms with van der Waals surface area (Å²) in [4.78, 5) is 24.0. The summed E-state index contributed by atoms with van der Waals surface area (Å²) in [5, 5.41) is 4.27. The minimum absolute atomic E-state index is 0.123. The van der Waals surface area contributed by atoms with E-state index in [9.17, 15) is 4.79 Å². The van der Waals surface area contributed by atoms with E-state index in [4.69, 9.17) is 9.40 Å². The number of hydrogen-bond donors (Lipinski definition) is 1. The lowest BCUT2D eigenvalue weighted by atomic mass is 9.95. The molecule has 2 fully saturated rings. The molecule has 0 unspecified atom stereocenters. The highest BCUT2D eigenvalue weighted by Gasteiger charge is 2.29. The molecule has 1 amide bonds. The van der Waals surface area contributed by atoms with Crippen molar-refractivity contribution in [1.82, 2.24) is 15.3 Å². The summed E-state index contributed by atoms with van der Waals surface area (Å²) in [6, 6.07) is 0.404. The molecule has 2 aromatic rings. The molecular formula is C20H28N4O2. The Balaban J connectivity index is 1.48. The number of furan rings is 1. The topological polar surface area (TPSA) is 71.3 Å². The van der Waals surface area contributed by atoms with E-state index in [1.165, 1.54) is 12.8 Å². The van der Waals surface area contributed by atoms with Crippen LogP contribution in [-0.2, 0) is 4.79 Å². The van der Waals surface area contributed by atoms with Gasteiger partial charge in [0.1, 0.15) is 17.4 Å². The van der Waals surface area contributed by atoms with Crippen molar-refractivity contribution >= 4 is 22.8 Å². The first-order chi connectivity index (χ1) is 12.5. The Morgan fingerprint density at radius 2 is 1.77 bits per heavy atom. The summed E-state index contributed by atoms with van der Waals surface area (Å²) in [5.41, 5.74) is 1.78. The van der Waals surface area contributed by atoms with Gasteiger partial charge in [0.25, 0.3) is 0 Å². The Labute approximate surface area is 154 Å². The van der Waals surface area contributed by atoms with Crippen molar-refractivity contribution in [2.24, 2.45) is 5.92 Å². The van der Waals surface area contributed by atoms with E-state index in [0.717, 1.165) is 67.1 Å². The second-order valence-corrected chi connectivity index (χ2v) is 7.81. The Hall–Kier alpha value is -2.11. The lowest BCUT2D eigenvalue weighted by Crippen LogP contribution is -2.43. The number of carbonyl (C=O) groups excluding carboxylic acids is 1. The van der Waals surface area contributed by atoms with Gasteiger partial charge < -0.3 is 14.6 Å². The van der Waals surface area contributed by atoms with Crippen LogP contribution in [0.15, 0.2) is 4.42 Å². The lowest BCUT2D eigenvalue weighted by Gasteiger charge is -2.33. The number of aryl methyl sites for hydroxylation is 3. The van der Waals surface area contributed by atoms with Crippen molar-refractivity contribution in [3.05, 3.63) is 17.1 Å². The molecule has 1 saturated heterocycles. The molecule has 1 aliphatic carbocycles. The van der Waals surface area contributed by atoms with Crippen LogP contribution in [0.5, 0.6) is 0 Å². The van der Waals surface area contributed by atoms with Crippen molar-refractivity contribution in [2.45, 2.75) is 65.3 Å². The van der Waals surface area contributed by atoms with E-state index in [-0.39, 0.29) is 11.8 Å². The molecule has 6 heteroatoms. The zero-order chi connectivity index (χ0) is 18.3. The summed E-state index contributed by atoms with van der Waals surface area (Å²) in [6.45, 7) is 7.62. The second-order valence-electron chi connectivity index (χ2n) is 7.81. The number of rotatable bonds is 3. The first kappa shape index (κ1) is 17.3. The molecule has 1 N–H and O–H groups in total. The first-order valence-electron chi connectivity index (χ1n) is 9.82. The van der Waals surface area contributed by atoms with Gasteiger partial charge in [0.2, 0.25) is 11.6 Å². The average molecular weight is 356 g/mol. The van der Waals surface area contributed by atoms with E-state index in [2.05, 4.69) is 22.1 Å². The summed E-state index contributed by atoms with van der Waals surface area (Å²) in [5.74, 6) is 2.94. The van der Waals surface area contributed by atoms with Gasteiger partial charge in [0, 0.05) is 30.6 Å². The van der Waals surface area contributed by atoms with Gasteiger partial charge in [-0.2, -0.15) is 4.98 Å². The Morgan fingerprint density at radius 3 is 2.46 bits per heavy atom. The largest absolute Gasteiger partial charge is 0.443 e. The summed E-state index contributed by atoms with van der Waals surface area (Å²) in [7, 11) is 0. The fourth-order valence-corrected chi connectivity index (χ4v) is 4.30. The molecule has 0 atom stereocenters. The number of fused-ring (bicyclic) bond motifs is 1. The predicted octanol–water partition coefficient (Wildman–Crippen LogP) is 3.42. The van der Waals surface area contributed by atoms with E-state index >= 15 is 0 Å². The first-order valence-corrected chi connectivity index (χ1v) is 9.82. The Bertz CT molecular complexity index is 815. The third-order valence-corrected chi connectivity index (χ3v) is 5.99. The van der Waals surface area contributed by atoms with E-state index in [1.54, 1.807) is 0 Å². The van der Waals surface area contributed by atoms with Gasteiger partial charge in [-0.15, -0.1) is 0 Å². The standard InChI is InChI=1S/C20H28N4O2/c1-12-13(2)26-20-17(12)18(21-14(3)22-20)24-10-8-15(9-11-24)19(25)23-16-6-4-5-7-16/h15-16H,4-11H2,1-3H3,(H,23,25). The van der Waals surface area contributed by atoms with E-state index < -0.39 is 0 Å². The molecule has 4 rings (SSSR count). The molecule has 0 radical (unpaired) electrons. The van der Waals surface area contributed by atoms with Crippen molar-refractivity contribution < 1.29 is 9.21 Å². The van der Waals surface area contributed by atoms with Crippen molar-refractivity contribution in [2.75, 3.05) is 18.0 Å². The van der Waals surface area contributed by atoms with Gasteiger partial charge in [-0.25, -0.2) is 4.98 Å². The van der Waals surface area contributed by atoms with Gasteiger partial charge in [0.15, 0.2) is 0 Å². The van der Waals surface area contributed by atoms with Gasteiger partial charge in [-0.05, 0) is 46.5 Å². The van der Waals surface area contributed by atoms with Gasteiger partial charge in [0.05, 0.1) is 5.39 Å². The van der Waals surface area contributed by atoms with Crippen molar-refractivity contribution in [1.29, 1.82) is 0 Å². The quantitative estimate of drug-likeness (QED) is 0.912. The Morgan fingerprint density at radius 1 is 1.08 bits per heavy atom. The number of aromatic nitrogens is 2. The summed E-state index contributed by atoms with van der Waals surface area (Å²) >= 11 is 0. The average Bonchev–Trinajstić information content (AvgIpc) is 3.23. The Kier molecular flexibility index (Phi) is 4.59. The molecule has 0 bridgehead atoms. The fourth-order valence-electron chi connectivity index (χ4n) is 4.30. The lowest BCUT2D eigenvalue weighted by molar-refractivity contribution is -0.126. The molecule has 0 aromatic carbocycles. The minimum atomic E-state index is 0.123. The molecule has 2 aliphatic rings. The number of anilines is 1. The van der Waals surface area contributed by atoms with Crippen LogP contribution in [0.1, 0.15) is 55.7 Å². The number of hydrogen-bond acceptors (Lipinski definition) is 5. The van der Waals surface area contributed by atoms with E-state index in [0.29, 0.717) is 11.8 Å². The molecule has 0 spiro atoms. The fraction of sp³-hybridized carbons (Fsp3) is 0.650. The maximum absolute atomic E-state index is 12.6. The van der Waals surface area contributed by atoms with Crippen LogP contribution in [0.4, 0.5) is 5.82 Å². The van der Waals surface area contributed by atoms with Gasteiger partial charge in [-0.3, -0.25) is 4.79 Å². The summed E-state index contributed by atoms with van der Waals surface area (Å²) < 4.78 is 5.80. The second kappa shape index (κ2) is 6.89. The number of nitrogens with zero attached hydrogens (tertiary/aromatic N) is 3. The third-order valence-electron chi connectivity index (χ3n) is 5.99. The highest BCUT2D eigenvalue weighted by atomic mass is 16.3. The molecular weight excluding hydrogens is 328 g/mol. The highest BCUT2D eigenvalue weighted by molar-refractivity contribution is 5.90. The highest BCUT2D eigenvalue weighted by Crippen LogP contribution is 2.33. The minimum Gasteiger partial charge on any atom is -0.443 e. The van der Waals surface area contributed by atoms with Crippen LogP contribution >= 0.6 is 0 Å².